The number of nitrogens with one attached hydrogen (secondary N) is 1. The molecule has 1 aliphatic carbocycles. The van der Waals surface area contributed by atoms with E-state index in [4.69, 9.17) is 27.9 Å². The van der Waals surface area contributed by atoms with E-state index in [2.05, 4.69) is 10.3 Å². The highest BCUT2D eigenvalue weighted by Crippen LogP contribution is 2.30. The van der Waals surface area contributed by atoms with Crippen molar-refractivity contribution in [2.24, 2.45) is 0 Å². The van der Waals surface area contributed by atoms with Crippen LogP contribution in [0.3, 0.4) is 0 Å². The van der Waals surface area contributed by atoms with Gasteiger partial charge in [-0.1, -0.05) is 23.2 Å². The Bertz CT molecular complexity index is 792. The molecule has 0 radical (unpaired) electrons. The highest BCUT2D eigenvalue weighted by Gasteiger charge is 2.21. The smallest absolute Gasteiger partial charge is 0.339 e. The van der Waals surface area contributed by atoms with Gasteiger partial charge in [-0.25, -0.2) is 9.78 Å². The summed E-state index contributed by atoms with van der Waals surface area (Å²) in [5, 5.41) is 4.88. The third-order valence-corrected chi connectivity index (χ3v) is 5.26. The molecule has 0 saturated carbocycles. The number of nitrogens with zero attached hydrogens (tertiary/aromatic N) is 1. The number of hydrogen-bond donors (Lipinski definition) is 1. The molecule has 24 heavy (non-hydrogen) atoms. The summed E-state index contributed by atoms with van der Waals surface area (Å²) in [7, 11) is 0. The molecule has 5 nitrogen and oxygen atoms in total. The molecule has 2 heterocycles. The van der Waals surface area contributed by atoms with Crippen LogP contribution in [0.2, 0.25) is 10.0 Å². The maximum absolute atomic E-state index is 12.2. The molecule has 0 atom stereocenters. The molecule has 0 fully saturated rings. The van der Waals surface area contributed by atoms with Crippen molar-refractivity contribution in [1.29, 1.82) is 0 Å². The quantitative estimate of drug-likeness (QED) is 0.804. The van der Waals surface area contributed by atoms with Crippen LogP contribution in [0.25, 0.3) is 0 Å². The van der Waals surface area contributed by atoms with Crippen LogP contribution in [0.4, 0.5) is 5.82 Å². The topological polar surface area (TPSA) is 68.3 Å². The number of hydrogen-bond acceptors (Lipinski definition) is 5. The summed E-state index contributed by atoms with van der Waals surface area (Å²) in [4.78, 5) is 29.2. The molecule has 2 aromatic heterocycles. The lowest BCUT2D eigenvalue weighted by Gasteiger charge is -2.12. The Morgan fingerprint density at radius 2 is 2.08 bits per heavy atom. The zero-order valence-corrected chi connectivity index (χ0v) is 14.9. The Labute approximate surface area is 152 Å². The van der Waals surface area contributed by atoms with Crippen LogP contribution >= 0.6 is 34.5 Å². The van der Waals surface area contributed by atoms with E-state index in [0.29, 0.717) is 10.6 Å². The minimum atomic E-state index is -0.510. The zero-order valence-electron chi connectivity index (χ0n) is 12.6. The summed E-state index contributed by atoms with van der Waals surface area (Å²) >= 11 is 13.3. The molecule has 0 spiro atoms. The summed E-state index contributed by atoms with van der Waals surface area (Å²) in [6.45, 7) is -0.399. The second-order valence-electron chi connectivity index (χ2n) is 5.37. The molecule has 0 unspecified atom stereocenters. The number of esters is 1. The van der Waals surface area contributed by atoms with E-state index >= 15 is 0 Å². The van der Waals surface area contributed by atoms with Crippen molar-refractivity contribution >= 4 is 52.2 Å². The Kier molecular flexibility index (Phi) is 5.38. The third kappa shape index (κ3) is 3.88. The van der Waals surface area contributed by atoms with Gasteiger partial charge in [0.15, 0.2) is 12.4 Å². The van der Waals surface area contributed by atoms with E-state index in [-0.39, 0.29) is 10.8 Å². The zero-order chi connectivity index (χ0) is 17.1. The van der Waals surface area contributed by atoms with Gasteiger partial charge in [-0.15, -0.1) is 11.3 Å². The summed E-state index contributed by atoms with van der Waals surface area (Å²) in [5.74, 6) is -0.807. The van der Waals surface area contributed by atoms with Gasteiger partial charge in [0, 0.05) is 16.5 Å². The monoisotopic (exact) mass is 384 g/mol. The normalized spacial score (nSPS) is 13.2. The first-order valence-corrected chi connectivity index (χ1v) is 9.05. The standard InChI is InChI=1S/C16H14Cl2N2O3S/c17-9-5-12(18)15(19-6-9)20-14(21)7-23-16(22)11-8-24-13-4-2-1-3-10(11)13/h5-6,8H,1-4,7H2,(H,19,20,21). The molecule has 0 bridgehead atoms. The fourth-order valence-electron chi connectivity index (χ4n) is 2.55. The highest BCUT2D eigenvalue weighted by atomic mass is 35.5. The van der Waals surface area contributed by atoms with E-state index in [1.165, 1.54) is 17.1 Å². The molecule has 3 rings (SSSR count). The fraction of sp³-hybridized carbons (Fsp3) is 0.312. The van der Waals surface area contributed by atoms with Crippen molar-refractivity contribution < 1.29 is 14.3 Å². The van der Waals surface area contributed by atoms with Gasteiger partial charge in [-0.2, -0.15) is 0 Å². The first-order valence-electron chi connectivity index (χ1n) is 7.42. The Balaban J connectivity index is 1.58. The van der Waals surface area contributed by atoms with Crippen LogP contribution in [-0.4, -0.2) is 23.5 Å². The second kappa shape index (κ2) is 7.51. The highest BCUT2D eigenvalue weighted by molar-refractivity contribution is 7.10. The molecule has 2 aromatic rings. The van der Waals surface area contributed by atoms with Crippen LogP contribution in [-0.2, 0) is 22.4 Å². The minimum absolute atomic E-state index is 0.176. The van der Waals surface area contributed by atoms with Crippen molar-refractivity contribution in [3.8, 4) is 0 Å². The Morgan fingerprint density at radius 3 is 2.88 bits per heavy atom. The second-order valence-corrected chi connectivity index (χ2v) is 7.17. The molecule has 0 aliphatic heterocycles. The number of halogens is 2. The number of aromatic nitrogens is 1. The number of thiophene rings is 1. The first kappa shape index (κ1) is 17.2. The maximum Gasteiger partial charge on any atom is 0.339 e. The molecular weight excluding hydrogens is 371 g/mol. The van der Waals surface area contributed by atoms with Crippen molar-refractivity contribution in [3.63, 3.8) is 0 Å². The molecule has 126 valence electrons. The van der Waals surface area contributed by atoms with E-state index < -0.39 is 18.5 Å². The Hall–Kier alpha value is -1.63. The molecule has 0 saturated heterocycles. The number of pyridine rings is 1. The predicted octanol–water partition coefficient (Wildman–Crippen LogP) is 4.12. The first-order chi connectivity index (χ1) is 11.5. The summed E-state index contributed by atoms with van der Waals surface area (Å²) in [6.07, 6.45) is 5.49. The van der Waals surface area contributed by atoms with Crippen molar-refractivity contribution in [2.45, 2.75) is 25.7 Å². The number of fused-ring (bicyclic) bond motifs is 1. The average molecular weight is 385 g/mol. The summed E-state index contributed by atoms with van der Waals surface area (Å²) in [5.41, 5.74) is 1.64. The SMILES string of the molecule is O=C(COC(=O)c1csc2c1CCCC2)Nc1ncc(Cl)cc1Cl. The van der Waals surface area contributed by atoms with E-state index in [0.717, 1.165) is 31.2 Å². The fourth-order valence-corrected chi connectivity index (χ4v) is 4.09. The van der Waals surface area contributed by atoms with Gasteiger partial charge in [-0.05, 0) is 37.3 Å². The molecular formula is C16H14Cl2N2O3S. The summed E-state index contributed by atoms with van der Waals surface area (Å²) < 4.78 is 5.11. The van der Waals surface area contributed by atoms with Gasteiger partial charge in [0.05, 0.1) is 15.6 Å². The lowest BCUT2D eigenvalue weighted by Crippen LogP contribution is -2.22. The average Bonchev–Trinajstić information content (AvgIpc) is 2.99. The maximum atomic E-state index is 12.2. The van der Waals surface area contributed by atoms with Gasteiger partial charge < -0.3 is 10.1 Å². The van der Waals surface area contributed by atoms with Gasteiger partial charge in [0.2, 0.25) is 0 Å². The third-order valence-electron chi connectivity index (χ3n) is 3.68. The van der Waals surface area contributed by atoms with Gasteiger partial charge >= 0.3 is 5.97 Å². The predicted molar refractivity (Wildman–Crippen MR) is 94.1 cm³/mol. The van der Waals surface area contributed by atoms with Crippen LogP contribution in [0.1, 0.15) is 33.6 Å². The number of ether oxygens (including phenoxy) is 1. The largest absolute Gasteiger partial charge is 0.452 e. The number of aryl methyl sites for hydroxylation is 1. The lowest BCUT2D eigenvalue weighted by molar-refractivity contribution is -0.119. The van der Waals surface area contributed by atoms with Crippen LogP contribution in [0.5, 0.6) is 0 Å². The van der Waals surface area contributed by atoms with Gasteiger partial charge in [0.25, 0.3) is 5.91 Å². The minimum Gasteiger partial charge on any atom is -0.452 e. The van der Waals surface area contributed by atoms with E-state index in [1.807, 2.05) is 5.38 Å². The molecule has 8 heteroatoms. The number of carbonyl (C=O) groups is 2. The summed E-state index contributed by atoms with van der Waals surface area (Å²) in [6, 6.07) is 1.47. The van der Waals surface area contributed by atoms with Crippen molar-refractivity contribution in [1.82, 2.24) is 4.98 Å². The Morgan fingerprint density at radius 1 is 1.29 bits per heavy atom. The number of rotatable bonds is 4. The van der Waals surface area contributed by atoms with Crippen molar-refractivity contribution in [3.05, 3.63) is 43.7 Å². The number of anilines is 1. The van der Waals surface area contributed by atoms with Crippen LogP contribution in [0.15, 0.2) is 17.6 Å². The van der Waals surface area contributed by atoms with Crippen LogP contribution < -0.4 is 5.32 Å². The van der Waals surface area contributed by atoms with Crippen LogP contribution in [0, 0.1) is 0 Å². The van der Waals surface area contributed by atoms with Crippen molar-refractivity contribution in [2.75, 3.05) is 11.9 Å². The lowest BCUT2D eigenvalue weighted by atomic mass is 9.96. The molecule has 0 aromatic carbocycles. The number of amides is 1. The van der Waals surface area contributed by atoms with Gasteiger partial charge in [0.1, 0.15) is 0 Å². The molecule has 1 aliphatic rings. The van der Waals surface area contributed by atoms with E-state index in [1.54, 1.807) is 11.3 Å². The number of carbonyl (C=O) groups excluding carboxylic acids is 2. The van der Waals surface area contributed by atoms with Gasteiger partial charge in [-0.3, -0.25) is 4.79 Å². The van der Waals surface area contributed by atoms with E-state index in [9.17, 15) is 9.59 Å². The molecule has 1 amide bonds. The molecule has 1 N–H and O–H groups in total.